The highest BCUT2D eigenvalue weighted by Crippen LogP contribution is 2.66. The first kappa shape index (κ1) is 8.64. The number of nitro groups is 1. The molecule has 1 heterocycles. The van der Waals surface area contributed by atoms with Crippen LogP contribution in [0.1, 0.15) is 0 Å². The van der Waals surface area contributed by atoms with Gasteiger partial charge in [-0.1, -0.05) is 16.3 Å². The Kier molecular flexibility index (Phi) is 1.53. The van der Waals surface area contributed by atoms with Crippen LogP contribution in [-0.4, -0.2) is 18.8 Å². The van der Waals surface area contributed by atoms with E-state index in [0.717, 1.165) is 11.8 Å². The van der Waals surface area contributed by atoms with Crippen molar-refractivity contribution in [1.82, 2.24) is 0 Å². The monoisotopic (exact) mass is 216 g/mol. The standard InChI is InChI=1S/C6H4N2O3S2/c9-7(10)5-3-1-2-4-6(5,13-5)8(11)12/h1-4H. The van der Waals surface area contributed by atoms with E-state index >= 15 is 0 Å². The van der Waals surface area contributed by atoms with Crippen LogP contribution in [0.5, 0.6) is 0 Å². The van der Waals surface area contributed by atoms with Gasteiger partial charge in [0, 0.05) is 28.8 Å². The normalized spacial score (nSPS) is 39.7. The molecule has 2 aliphatic rings. The second-order valence-corrected chi connectivity index (χ2v) is 4.51. The van der Waals surface area contributed by atoms with Crippen molar-refractivity contribution in [1.29, 1.82) is 0 Å². The third-order valence-electron chi connectivity index (χ3n) is 2.08. The molecule has 0 spiro atoms. The van der Waals surface area contributed by atoms with Crippen LogP contribution < -0.4 is 0 Å². The number of hydrogen-bond acceptors (Lipinski definition) is 5. The molecule has 1 aliphatic heterocycles. The van der Waals surface area contributed by atoms with E-state index in [1.165, 1.54) is 12.2 Å². The average Bonchev–Trinajstić information content (AvgIpc) is 2.75. The van der Waals surface area contributed by atoms with Crippen LogP contribution in [0.2, 0.25) is 0 Å². The van der Waals surface area contributed by atoms with Crippen LogP contribution in [0.25, 0.3) is 0 Å². The molecule has 0 bridgehead atoms. The van der Waals surface area contributed by atoms with Crippen molar-refractivity contribution in [2.24, 2.45) is 0 Å². The van der Waals surface area contributed by atoms with Gasteiger partial charge >= 0.3 is 9.74 Å². The van der Waals surface area contributed by atoms with E-state index in [0.29, 0.717) is 0 Å². The van der Waals surface area contributed by atoms with E-state index in [1.807, 2.05) is 0 Å². The lowest BCUT2D eigenvalue weighted by Crippen LogP contribution is -2.37. The minimum atomic E-state index is -1.36. The van der Waals surface area contributed by atoms with Gasteiger partial charge in [-0.2, -0.15) is 0 Å². The molecule has 0 radical (unpaired) electrons. The van der Waals surface area contributed by atoms with E-state index in [9.17, 15) is 15.0 Å². The van der Waals surface area contributed by atoms with Crippen molar-refractivity contribution in [2.45, 2.75) is 9.74 Å². The Morgan fingerprint density at radius 3 is 2.15 bits per heavy atom. The maximum absolute atomic E-state index is 11.0. The lowest BCUT2D eigenvalue weighted by molar-refractivity contribution is -0.564. The summed E-state index contributed by atoms with van der Waals surface area (Å²) in [5, 5.41) is 10.7. The van der Waals surface area contributed by atoms with Gasteiger partial charge in [0.15, 0.2) is 0 Å². The summed E-state index contributed by atoms with van der Waals surface area (Å²) in [6.45, 7) is 0. The highest BCUT2D eigenvalue weighted by Gasteiger charge is 2.87. The third kappa shape index (κ3) is 0.829. The van der Waals surface area contributed by atoms with Crippen LogP contribution in [0.15, 0.2) is 24.3 Å². The SMILES string of the molecule is O=[N+]([O-])C12C=CC=CC1([N+](=O)[S-])S2. The summed E-state index contributed by atoms with van der Waals surface area (Å²) >= 11 is 5.36. The van der Waals surface area contributed by atoms with Crippen molar-refractivity contribution in [2.75, 3.05) is 0 Å². The number of fused-ring (bicyclic) bond motifs is 1. The number of hydrogen-bond donors (Lipinski definition) is 0. The first-order valence-corrected chi connectivity index (χ1v) is 4.59. The second-order valence-electron chi connectivity index (χ2n) is 2.73. The van der Waals surface area contributed by atoms with Crippen molar-refractivity contribution < 1.29 is 9.09 Å². The van der Waals surface area contributed by atoms with Gasteiger partial charge in [0.2, 0.25) is 0 Å². The summed E-state index contributed by atoms with van der Waals surface area (Å²) in [6, 6.07) is 0. The predicted octanol–water partition coefficient (Wildman–Crippen LogP) is 0.769. The topological polar surface area (TPSA) is 63.2 Å². The second kappa shape index (κ2) is 2.30. The fourth-order valence-corrected chi connectivity index (χ4v) is 2.88. The van der Waals surface area contributed by atoms with E-state index in [1.54, 1.807) is 12.2 Å². The summed E-state index contributed by atoms with van der Waals surface area (Å²) in [7, 11) is 0. The Morgan fingerprint density at radius 1 is 1.23 bits per heavy atom. The van der Waals surface area contributed by atoms with E-state index in [-0.39, 0.29) is 4.17 Å². The Bertz CT molecular complexity index is 333. The summed E-state index contributed by atoms with van der Waals surface area (Å²) in [4.78, 5) is 18.7. The molecule has 2 atom stereocenters. The highest BCUT2D eigenvalue weighted by molar-refractivity contribution is 8.09. The molecule has 68 valence electrons. The van der Waals surface area contributed by atoms with Crippen molar-refractivity contribution in [3.05, 3.63) is 39.3 Å². The maximum Gasteiger partial charge on any atom is 0.372 e. The van der Waals surface area contributed by atoms with Gasteiger partial charge in [-0.25, -0.2) is 0 Å². The van der Waals surface area contributed by atoms with Crippen molar-refractivity contribution in [3.63, 3.8) is 0 Å². The van der Waals surface area contributed by atoms with Gasteiger partial charge < -0.3 is 12.8 Å². The smallest absolute Gasteiger partial charge is 0.370 e. The molecular formula is C6H4N2O3S2. The highest BCUT2D eigenvalue weighted by atomic mass is 32.2. The molecule has 0 aromatic carbocycles. The summed E-state index contributed by atoms with van der Waals surface area (Å²) < 4.78 is 0.223. The molecule has 13 heavy (non-hydrogen) atoms. The molecule has 0 amide bonds. The quantitative estimate of drug-likeness (QED) is 0.224. The summed E-state index contributed by atoms with van der Waals surface area (Å²) in [5.74, 6) is 0. The molecule has 1 saturated heterocycles. The molecule has 0 aromatic heterocycles. The maximum atomic E-state index is 11.0. The Balaban J connectivity index is 2.46. The van der Waals surface area contributed by atoms with Gasteiger partial charge in [0.1, 0.15) is 0 Å². The largest absolute Gasteiger partial charge is 0.372 e. The zero-order chi connectivity index (χ0) is 9.69. The molecule has 0 saturated carbocycles. The summed E-state index contributed by atoms with van der Waals surface area (Å²) in [5.41, 5.74) is 0. The summed E-state index contributed by atoms with van der Waals surface area (Å²) in [6.07, 6.45) is 6.02. The Hall–Kier alpha value is -0.950. The van der Waals surface area contributed by atoms with Gasteiger partial charge in [0.25, 0.3) is 0 Å². The van der Waals surface area contributed by atoms with E-state index in [4.69, 9.17) is 0 Å². The fraction of sp³-hybridized carbons (Fsp3) is 0.333. The zero-order valence-corrected chi connectivity index (χ0v) is 7.88. The average molecular weight is 216 g/mol. The lowest BCUT2D eigenvalue weighted by atomic mass is 10.1. The molecule has 2 unspecified atom stereocenters. The first-order valence-electron chi connectivity index (χ1n) is 3.41. The molecule has 1 fully saturated rings. The van der Waals surface area contributed by atoms with Crippen LogP contribution in [0.3, 0.4) is 0 Å². The zero-order valence-electron chi connectivity index (χ0n) is 6.25. The van der Waals surface area contributed by atoms with Crippen LogP contribution in [0.4, 0.5) is 0 Å². The molecule has 0 aromatic rings. The van der Waals surface area contributed by atoms with Gasteiger partial charge in [0.05, 0.1) is 4.92 Å². The number of thioether (sulfide) groups is 1. The minimum Gasteiger partial charge on any atom is -0.370 e. The number of allylic oxidation sites excluding steroid dienone is 2. The Labute approximate surface area is 83.1 Å². The lowest BCUT2D eigenvalue weighted by Gasteiger charge is -2.08. The minimum absolute atomic E-state index is 0.223. The molecule has 7 heteroatoms. The third-order valence-corrected chi connectivity index (χ3v) is 4.11. The van der Waals surface area contributed by atoms with Crippen LogP contribution in [0, 0.1) is 15.0 Å². The number of nitrogens with zero attached hydrogens (tertiary/aromatic N) is 2. The molecule has 2 rings (SSSR count). The fourth-order valence-electron chi connectivity index (χ4n) is 1.35. The molecular weight excluding hydrogens is 212 g/mol. The number of rotatable bonds is 2. The van der Waals surface area contributed by atoms with Gasteiger partial charge in [-0.05, 0) is 0 Å². The van der Waals surface area contributed by atoms with Gasteiger partial charge in [-0.15, -0.1) is 0 Å². The van der Waals surface area contributed by atoms with E-state index in [2.05, 4.69) is 12.8 Å². The molecule has 5 nitrogen and oxygen atoms in total. The first-order chi connectivity index (χ1) is 6.05. The number of nitroso groups, excluding NO2 is 1. The van der Waals surface area contributed by atoms with Crippen LogP contribution >= 0.6 is 11.8 Å². The predicted molar refractivity (Wildman–Crippen MR) is 49.3 cm³/mol. The Morgan fingerprint density at radius 2 is 1.77 bits per heavy atom. The van der Waals surface area contributed by atoms with Crippen LogP contribution in [-0.2, 0) is 12.8 Å². The van der Waals surface area contributed by atoms with Crippen molar-refractivity contribution >= 4 is 24.6 Å². The molecule has 0 N–H and O–H groups in total. The van der Waals surface area contributed by atoms with Crippen molar-refractivity contribution in [3.8, 4) is 0 Å². The van der Waals surface area contributed by atoms with E-state index < -0.39 is 14.7 Å². The molecule has 1 aliphatic carbocycles. The van der Waals surface area contributed by atoms with Gasteiger partial charge in [-0.3, -0.25) is 10.1 Å².